The number of hydrogen-bond donors (Lipinski definition) is 1. The summed E-state index contributed by atoms with van der Waals surface area (Å²) in [5.74, 6) is -1.14. The van der Waals surface area contributed by atoms with Gasteiger partial charge in [-0.2, -0.15) is 5.10 Å². The minimum absolute atomic E-state index is 0.100. The molecule has 0 fully saturated rings. The van der Waals surface area contributed by atoms with Crippen LogP contribution in [0.5, 0.6) is 0 Å². The Morgan fingerprint density at radius 2 is 2.05 bits per heavy atom. The molecule has 0 unspecified atom stereocenters. The molecule has 0 atom stereocenters. The van der Waals surface area contributed by atoms with Crippen molar-refractivity contribution in [1.82, 2.24) is 9.78 Å². The van der Waals surface area contributed by atoms with Gasteiger partial charge in [0.15, 0.2) is 5.69 Å². The van der Waals surface area contributed by atoms with E-state index < -0.39 is 5.97 Å². The molecule has 0 saturated carbocycles. The van der Waals surface area contributed by atoms with Gasteiger partial charge < -0.3 is 9.84 Å². The van der Waals surface area contributed by atoms with E-state index in [1.807, 2.05) is 6.92 Å². The zero-order valence-corrected chi connectivity index (χ0v) is 11.2. The van der Waals surface area contributed by atoms with Crippen molar-refractivity contribution in [2.24, 2.45) is 0 Å². The first kappa shape index (κ1) is 14.2. The number of aromatic carboxylic acids is 1. The van der Waals surface area contributed by atoms with Crippen LogP contribution < -0.4 is 5.56 Å². The third-order valence-corrected chi connectivity index (χ3v) is 2.93. The number of benzene rings is 1. The number of carbonyl (C=O) groups is 1. The number of carboxylic acid groups (broad SMARTS) is 1. The zero-order chi connectivity index (χ0) is 14.5. The average Bonchev–Trinajstić information content (AvgIpc) is 2.45. The number of carboxylic acids is 1. The van der Waals surface area contributed by atoms with Crippen LogP contribution in [0.2, 0.25) is 0 Å². The Kier molecular flexibility index (Phi) is 4.47. The van der Waals surface area contributed by atoms with Crippen LogP contribution >= 0.6 is 0 Å². The van der Waals surface area contributed by atoms with Gasteiger partial charge in [0.25, 0.3) is 5.56 Å². The Balaban J connectivity index is 2.42. The van der Waals surface area contributed by atoms with Gasteiger partial charge in [0.2, 0.25) is 0 Å². The lowest BCUT2D eigenvalue weighted by Gasteiger charge is -2.08. The average molecular weight is 276 g/mol. The van der Waals surface area contributed by atoms with Gasteiger partial charge in [-0.15, -0.1) is 0 Å². The van der Waals surface area contributed by atoms with Crippen molar-refractivity contribution in [1.29, 1.82) is 0 Å². The Hall–Kier alpha value is -2.21. The van der Waals surface area contributed by atoms with Gasteiger partial charge in [-0.05, 0) is 19.4 Å². The lowest BCUT2D eigenvalue weighted by atomic mass is 10.1. The molecule has 2 rings (SSSR count). The number of fused-ring (bicyclic) bond motifs is 1. The van der Waals surface area contributed by atoms with Crippen LogP contribution in [0.1, 0.15) is 23.8 Å². The summed E-state index contributed by atoms with van der Waals surface area (Å²) in [4.78, 5) is 23.5. The van der Waals surface area contributed by atoms with E-state index in [1.165, 1.54) is 4.68 Å². The summed E-state index contributed by atoms with van der Waals surface area (Å²) in [6.07, 6.45) is 0.609. The first-order valence-corrected chi connectivity index (χ1v) is 6.46. The fourth-order valence-corrected chi connectivity index (χ4v) is 2.01. The summed E-state index contributed by atoms with van der Waals surface area (Å²) >= 11 is 0. The molecule has 0 aliphatic heterocycles. The van der Waals surface area contributed by atoms with E-state index in [9.17, 15) is 14.7 Å². The van der Waals surface area contributed by atoms with Crippen LogP contribution in [0.3, 0.4) is 0 Å². The van der Waals surface area contributed by atoms with Crippen molar-refractivity contribution >= 4 is 16.7 Å². The number of rotatable bonds is 6. The molecular weight excluding hydrogens is 260 g/mol. The maximum atomic E-state index is 12.2. The molecule has 0 radical (unpaired) electrons. The molecule has 1 aromatic heterocycles. The molecule has 2 aromatic rings. The molecule has 1 N–H and O–H groups in total. The summed E-state index contributed by atoms with van der Waals surface area (Å²) in [7, 11) is 0. The highest BCUT2D eigenvalue weighted by molar-refractivity contribution is 6.01. The van der Waals surface area contributed by atoms with Crippen LogP contribution in [0.15, 0.2) is 29.1 Å². The Labute approximate surface area is 115 Å². The molecule has 6 nitrogen and oxygen atoms in total. The van der Waals surface area contributed by atoms with Crippen LogP contribution in [0, 0.1) is 0 Å². The van der Waals surface area contributed by atoms with Gasteiger partial charge in [0.05, 0.1) is 5.39 Å². The fraction of sp³-hybridized carbons (Fsp3) is 0.357. The Morgan fingerprint density at radius 1 is 1.35 bits per heavy atom. The SMILES string of the molecule is CCOCCCn1nc(C(=O)O)c2ccccc2c1=O. The number of ether oxygens (including phenoxy) is 1. The highest BCUT2D eigenvalue weighted by Crippen LogP contribution is 2.13. The van der Waals surface area contributed by atoms with Gasteiger partial charge in [-0.3, -0.25) is 4.79 Å². The van der Waals surface area contributed by atoms with Crippen molar-refractivity contribution in [3.8, 4) is 0 Å². The lowest BCUT2D eigenvalue weighted by molar-refractivity contribution is 0.0689. The zero-order valence-electron chi connectivity index (χ0n) is 11.2. The number of hydrogen-bond acceptors (Lipinski definition) is 4. The van der Waals surface area contributed by atoms with Gasteiger partial charge in [-0.1, -0.05) is 18.2 Å². The Morgan fingerprint density at radius 3 is 2.70 bits per heavy atom. The van der Waals surface area contributed by atoms with E-state index in [0.29, 0.717) is 37.0 Å². The van der Waals surface area contributed by atoms with E-state index in [0.717, 1.165) is 0 Å². The van der Waals surface area contributed by atoms with Gasteiger partial charge in [0.1, 0.15) is 0 Å². The van der Waals surface area contributed by atoms with Gasteiger partial charge in [0, 0.05) is 25.1 Å². The summed E-state index contributed by atoms with van der Waals surface area (Å²) in [5.41, 5.74) is -0.376. The van der Waals surface area contributed by atoms with Crippen LogP contribution in [-0.4, -0.2) is 34.1 Å². The van der Waals surface area contributed by atoms with E-state index in [2.05, 4.69) is 5.10 Å². The molecule has 0 aliphatic carbocycles. The van der Waals surface area contributed by atoms with Crippen LogP contribution in [-0.2, 0) is 11.3 Å². The summed E-state index contributed by atoms with van der Waals surface area (Å²) in [5, 5.41) is 13.9. The molecule has 0 bridgehead atoms. The molecule has 0 saturated heterocycles. The number of nitrogens with zero attached hydrogens (tertiary/aromatic N) is 2. The predicted molar refractivity (Wildman–Crippen MR) is 74.1 cm³/mol. The first-order chi connectivity index (χ1) is 9.65. The topological polar surface area (TPSA) is 81.4 Å². The Bertz CT molecular complexity index is 678. The standard InChI is InChI=1S/C14H16N2O4/c1-2-20-9-5-8-16-13(17)11-7-4-3-6-10(11)12(15-16)14(18)19/h3-4,6-7H,2,5,8-9H2,1H3,(H,18,19). The van der Waals surface area contributed by atoms with Gasteiger partial charge in [-0.25, -0.2) is 9.48 Å². The van der Waals surface area contributed by atoms with E-state index >= 15 is 0 Å². The number of aromatic nitrogens is 2. The molecule has 0 spiro atoms. The summed E-state index contributed by atoms with van der Waals surface area (Å²) in [6, 6.07) is 6.61. The van der Waals surface area contributed by atoms with Crippen molar-refractivity contribution in [3.63, 3.8) is 0 Å². The van der Waals surface area contributed by atoms with E-state index in [4.69, 9.17) is 4.74 Å². The van der Waals surface area contributed by atoms with Crippen molar-refractivity contribution in [3.05, 3.63) is 40.3 Å². The van der Waals surface area contributed by atoms with Crippen molar-refractivity contribution in [2.75, 3.05) is 13.2 Å². The van der Waals surface area contributed by atoms with Crippen molar-refractivity contribution < 1.29 is 14.6 Å². The normalized spacial score (nSPS) is 10.8. The second-order valence-electron chi connectivity index (χ2n) is 4.28. The molecule has 0 amide bonds. The van der Waals surface area contributed by atoms with Crippen LogP contribution in [0.4, 0.5) is 0 Å². The minimum atomic E-state index is -1.14. The smallest absolute Gasteiger partial charge is 0.357 e. The second kappa shape index (κ2) is 6.29. The summed E-state index contributed by atoms with van der Waals surface area (Å²) in [6.45, 7) is 3.35. The molecule has 20 heavy (non-hydrogen) atoms. The quantitative estimate of drug-likeness (QED) is 0.809. The molecule has 106 valence electrons. The molecule has 0 aliphatic rings. The molecule has 1 aromatic carbocycles. The molecular formula is C14H16N2O4. The largest absolute Gasteiger partial charge is 0.476 e. The third kappa shape index (κ3) is 2.85. The minimum Gasteiger partial charge on any atom is -0.476 e. The maximum Gasteiger partial charge on any atom is 0.357 e. The monoisotopic (exact) mass is 276 g/mol. The first-order valence-electron chi connectivity index (χ1n) is 6.46. The molecule has 6 heteroatoms. The van der Waals surface area contributed by atoms with Gasteiger partial charge >= 0.3 is 5.97 Å². The second-order valence-corrected chi connectivity index (χ2v) is 4.28. The van der Waals surface area contributed by atoms with E-state index in [-0.39, 0.29) is 11.3 Å². The highest BCUT2D eigenvalue weighted by Gasteiger charge is 2.15. The molecule has 1 heterocycles. The van der Waals surface area contributed by atoms with Crippen LogP contribution in [0.25, 0.3) is 10.8 Å². The maximum absolute atomic E-state index is 12.2. The third-order valence-electron chi connectivity index (χ3n) is 2.93. The highest BCUT2D eigenvalue weighted by atomic mass is 16.5. The predicted octanol–water partition coefficient (Wildman–Crippen LogP) is 1.52. The summed E-state index contributed by atoms with van der Waals surface area (Å²) < 4.78 is 6.40. The number of aryl methyl sites for hydroxylation is 1. The fourth-order valence-electron chi connectivity index (χ4n) is 2.01. The van der Waals surface area contributed by atoms with Crippen molar-refractivity contribution in [2.45, 2.75) is 19.9 Å². The van der Waals surface area contributed by atoms with E-state index in [1.54, 1.807) is 24.3 Å². The lowest BCUT2D eigenvalue weighted by Crippen LogP contribution is -2.26.